The van der Waals surface area contributed by atoms with Gasteiger partial charge in [-0.25, -0.2) is 4.79 Å². The second kappa shape index (κ2) is 4.45. The van der Waals surface area contributed by atoms with Crippen LogP contribution in [-0.2, 0) is 9.53 Å². The van der Waals surface area contributed by atoms with E-state index in [9.17, 15) is 9.59 Å². The number of methoxy groups -OCH3 is 1. The van der Waals surface area contributed by atoms with Crippen LogP contribution in [0, 0.1) is 0 Å². The van der Waals surface area contributed by atoms with Crippen molar-refractivity contribution in [2.45, 2.75) is 12.3 Å². The maximum absolute atomic E-state index is 11.6. The molecule has 1 atom stereocenters. The summed E-state index contributed by atoms with van der Waals surface area (Å²) in [5.41, 5.74) is 1.68. The second-order valence-corrected chi connectivity index (χ2v) is 3.90. The Balaban J connectivity index is 2.44. The molecule has 1 aromatic carbocycles. The highest BCUT2D eigenvalue weighted by atomic mass is 16.5. The number of hydrogen-bond acceptors (Lipinski definition) is 4. The molecule has 0 saturated heterocycles. The minimum absolute atomic E-state index is 0.182. The molecule has 1 aliphatic heterocycles. The van der Waals surface area contributed by atoms with Crippen molar-refractivity contribution >= 4 is 17.6 Å². The molecule has 2 rings (SSSR count). The summed E-state index contributed by atoms with van der Waals surface area (Å²) in [6.07, 6.45) is 0.614. The molecule has 2 N–H and O–H groups in total. The van der Waals surface area contributed by atoms with Crippen molar-refractivity contribution in [2.75, 3.05) is 19.0 Å². The minimum atomic E-state index is -0.998. The molecule has 1 unspecified atom stereocenters. The number of carboxylic acids is 1. The van der Waals surface area contributed by atoms with Gasteiger partial charge in [0.1, 0.15) is 0 Å². The Labute approximate surface area is 98.4 Å². The zero-order valence-electron chi connectivity index (χ0n) is 9.40. The van der Waals surface area contributed by atoms with E-state index in [0.29, 0.717) is 18.5 Å². The van der Waals surface area contributed by atoms with Crippen LogP contribution in [0.1, 0.15) is 28.3 Å². The lowest BCUT2D eigenvalue weighted by atomic mass is 9.90. The molecular weight excluding hydrogens is 222 g/mol. The van der Waals surface area contributed by atoms with Crippen LogP contribution in [0.2, 0.25) is 0 Å². The van der Waals surface area contributed by atoms with Gasteiger partial charge in [0.25, 0.3) is 0 Å². The molecule has 90 valence electrons. The quantitative estimate of drug-likeness (QED) is 0.759. The lowest BCUT2D eigenvalue weighted by Gasteiger charge is -2.25. The van der Waals surface area contributed by atoms with Crippen molar-refractivity contribution in [3.63, 3.8) is 0 Å². The van der Waals surface area contributed by atoms with Crippen molar-refractivity contribution in [3.05, 3.63) is 29.3 Å². The Kier molecular flexibility index (Phi) is 2.99. The third kappa shape index (κ3) is 2.08. The largest absolute Gasteiger partial charge is 0.478 e. The number of benzene rings is 1. The Morgan fingerprint density at radius 3 is 2.88 bits per heavy atom. The third-order valence-corrected chi connectivity index (χ3v) is 2.91. The van der Waals surface area contributed by atoms with Crippen molar-refractivity contribution in [3.8, 4) is 0 Å². The number of rotatable bonds is 2. The number of aromatic carboxylic acids is 1. The standard InChI is InChI=1S/C12H13NO4/c1-17-12(16)8-4-5-13-10-3-2-7(11(14)15)6-9(8)10/h2-3,6,8,13H,4-5H2,1H3,(H,14,15). The summed E-state index contributed by atoms with van der Waals surface area (Å²) in [6, 6.07) is 4.74. The maximum atomic E-state index is 11.6. The molecule has 0 bridgehead atoms. The van der Waals surface area contributed by atoms with E-state index in [1.807, 2.05) is 0 Å². The first-order valence-corrected chi connectivity index (χ1v) is 5.32. The fourth-order valence-electron chi connectivity index (χ4n) is 2.04. The van der Waals surface area contributed by atoms with Crippen molar-refractivity contribution in [1.29, 1.82) is 0 Å². The molecule has 5 nitrogen and oxygen atoms in total. The van der Waals surface area contributed by atoms with Crippen molar-refractivity contribution < 1.29 is 19.4 Å². The first-order chi connectivity index (χ1) is 8.13. The number of fused-ring (bicyclic) bond motifs is 1. The van der Waals surface area contributed by atoms with E-state index in [-0.39, 0.29) is 17.5 Å². The fraction of sp³-hybridized carbons (Fsp3) is 0.333. The SMILES string of the molecule is COC(=O)C1CCNc2ccc(C(=O)O)cc21. The van der Waals surface area contributed by atoms with Gasteiger partial charge in [0, 0.05) is 12.2 Å². The summed E-state index contributed by atoms with van der Waals surface area (Å²) >= 11 is 0. The van der Waals surface area contributed by atoms with Gasteiger partial charge in [0.2, 0.25) is 0 Å². The molecule has 1 aromatic rings. The molecule has 0 spiro atoms. The topological polar surface area (TPSA) is 75.6 Å². The van der Waals surface area contributed by atoms with Gasteiger partial charge >= 0.3 is 11.9 Å². The zero-order chi connectivity index (χ0) is 12.4. The molecule has 17 heavy (non-hydrogen) atoms. The molecule has 0 radical (unpaired) electrons. The van der Waals surface area contributed by atoms with Gasteiger partial charge in [-0.2, -0.15) is 0 Å². The van der Waals surface area contributed by atoms with Gasteiger partial charge in [-0.15, -0.1) is 0 Å². The highest BCUT2D eigenvalue weighted by Gasteiger charge is 2.27. The second-order valence-electron chi connectivity index (χ2n) is 3.90. The average Bonchev–Trinajstić information content (AvgIpc) is 2.36. The van der Waals surface area contributed by atoms with Gasteiger partial charge < -0.3 is 15.2 Å². The van der Waals surface area contributed by atoms with Gasteiger partial charge in [0.05, 0.1) is 18.6 Å². The van der Waals surface area contributed by atoms with Crippen molar-refractivity contribution in [1.82, 2.24) is 0 Å². The molecule has 0 aliphatic carbocycles. The van der Waals surface area contributed by atoms with Gasteiger partial charge in [0.15, 0.2) is 0 Å². The van der Waals surface area contributed by atoms with Crippen LogP contribution in [-0.4, -0.2) is 30.7 Å². The van der Waals surface area contributed by atoms with E-state index in [1.165, 1.54) is 19.2 Å². The average molecular weight is 235 g/mol. The van der Waals surface area contributed by atoms with Gasteiger partial charge in [-0.3, -0.25) is 4.79 Å². The van der Waals surface area contributed by atoms with E-state index < -0.39 is 5.97 Å². The summed E-state index contributed by atoms with van der Waals surface area (Å²) in [5, 5.41) is 12.1. The van der Waals surface area contributed by atoms with Gasteiger partial charge in [-0.1, -0.05) is 0 Å². The Hall–Kier alpha value is -2.04. The fourth-order valence-corrected chi connectivity index (χ4v) is 2.04. The molecule has 0 aromatic heterocycles. The lowest BCUT2D eigenvalue weighted by Crippen LogP contribution is -2.24. The summed E-state index contributed by atoms with van der Waals surface area (Å²) in [7, 11) is 1.34. The van der Waals surface area contributed by atoms with E-state index in [2.05, 4.69) is 5.32 Å². The van der Waals surface area contributed by atoms with E-state index in [4.69, 9.17) is 9.84 Å². The highest BCUT2D eigenvalue weighted by Crippen LogP contribution is 2.33. The van der Waals surface area contributed by atoms with Crippen LogP contribution in [0.5, 0.6) is 0 Å². The van der Waals surface area contributed by atoms with Crippen LogP contribution >= 0.6 is 0 Å². The van der Waals surface area contributed by atoms with Crippen LogP contribution in [0.3, 0.4) is 0 Å². The van der Waals surface area contributed by atoms with Crippen LogP contribution in [0.4, 0.5) is 5.69 Å². The number of anilines is 1. The third-order valence-electron chi connectivity index (χ3n) is 2.91. The monoisotopic (exact) mass is 235 g/mol. The minimum Gasteiger partial charge on any atom is -0.478 e. The number of hydrogen-bond donors (Lipinski definition) is 2. The van der Waals surface area contributed by atoms with Crippen molar-refractivity contribution in [2.24, 2.45) is 0 Å². The molecule has 0 saturated carbocycles. The summed E-state index contributed by atoms with van der Waals surface area (Å²) in [4.78, 5) is 22.5. The first kappa shape index (κ1) is 11.4. The van der Waals surface area contributed by atoms with E-state index in [0.717, 1.165) is 5.69 Å². The first-order valence-electron chi connectivity index (χ1n) is 5.32. The Morgan fingerprint density at radius 2 is 2.24 bits per heavy atom. The Bertz CT molecular complexity index is 470. The summed E-state index contributed by atoms with van der Waals surface area (Å²) in [6.45, 7) is 0.680. The number of carbonyl (C=O) groups is 2. The number of carboxylic acid groups (broad SMARTS) is 1. The maximum Gasteiger partial charge on any atom is 0.335 e. The van der Waals surface area contributed by atoms with Gasteiger partial charge in [-0.05, 0) is 30.2 Å². The van der Waals surface area contributed by atoms with Crippen LogP contribution in [0.15, 0.2) is 18.2 Å². The molecular formula is C12H13NO4. The molecule has 0 fully saturated rings. The highest BCUT2D eigenvalue weighted by molar-refractivity contribution is 5.90. The van der Waals surface area contributed by atoms with Crippen LogP contribution in [0.25, 0.3) is 0 Å². The molecule has 5 heteroatoms. The van der Waals surface area contributed by atoms with E-state index >= 15 is 0 Å². The number of carbonyl (C=O) groups excluding carboxylic acids is 1. The predicted molar refractivity (Wildman–Crippen MR) is 61.3 cm³/mol. The van der Waals surface area contributed by atoms with E-state index in [1.54, 1.807) is 6.07 Å². The van der Waals surface area contributed by atoms with Crippen LogP contribution < -0.4 is 5.32 Å². The molecule has 1 aliphatic rings. The summed E-state index contributed by atoms with van der Waals surface area (Å²) < 4.78 is 4.73. The lowest BCUT2D eigenvalue weighted by molar-refractivity contribution is -0.142. The zero-order valence-corrected chi connectivity index (χ0v) is 9.40. The molecule has 0 amide bonds. The summed E-state index contributed by atoms with van der Waals surface area (Å²) in [5.74, 6) is -1.70. The number of ether oxygens (including phenoxy) is 1. The molecule has 1 heterocycles. The predicted octanol–water partition coefficient (Wildman–Crippen LogP) is 1.46. The Morgan fingerprint density at radius 1 is 1.47 bits per heavy atom. The smallest absolute Gasteiger partial charge is 0.335 e. The number of esters is 1. The number of nitrogens with one attached hydrogen (secondary N) is 1. The normalized spacial score (nSPS) is 17.8.